The molecule has 194 valence electrons. The number of carbonyl (C=O) groups excluding carboxylic acids is 1. The summed E-state index contributed by atoms with van der Waals surface area (Å²) in [6, 6.07) is 0. The molecule has 34 heavy (non-hydrogen) atoms. The predicted octanol–water partition coefficient (Wildman–Crippen LogP) is 9.90. The van der Waals surface area contributed by atoms with Gasteiger partial charge in [-0.3, -0.25) is 0 Å². The fraction of sp³-hybridized carbons (Fsp3) is 0.903. The van der Waals surface area contributed by atoms with Crippen molar-refractivity contribution in [2.75, 3.05) is 5.75 Å². The molecule has 0 bridgehead atoms. The van der Waals surface area contributed by atoms with Gasteiger partial charge in [-0.05, 0) is 111 Å². The summed E-state index contributed by atoms with van der Waals surface area (Å²) < 4.78 is 0. The van der Waals surface area contributed by atoms with Crippen LogP contribution in [0.25, 0.3) is 0 Å². The second kappa shape index (κ2) is 12.1. The van der Waals surface area contributed by atoms with Crippen LogP contribution in [0.5, 0.6) is 0 Å². The monoisotopic (exact) mass is 504 g/mol. The van der Waals surface area contributed by atoms with Crippen molar-refractivity contribution in [2.45, 2.75) is 129 Å². The van der Waals surface area contributed by atoms with Gasteiger partial charge in [-0.25, -0.2) is 0 Å². The Hall–Kier alpha value is 0.110. The van der Waals surface area contributed by atoms with Crippen molar-refractivity contribution in [3.8, 4) is 0 Å². The zero-order valence-electron chi connectivity index (χ0n) is 22.7. The van der Waals surface area contributed by atoms with E-state index in [0.717, 1.165) is 54.0 Å². The Labute approximate surface area is 219 Å². The summed E-state index contributed by atoms with van der Waals surface area (Å²) in [4.78, 5) is 10.5. The van der Waals surface area contributed by atoms with Crippen LogP contribution in [-0.2, 0) is 4.79 Å². The molecule has 1 nitrogen and oxygen atoms in total. The highest BCUT2D eigenvalue weighted by atomic mass is 33.1. The van der Waals surface area contributed by atoms with Crippen LogP contribution in [0, 0.1) is 40.4 Å². The molecule has 7 atom stereocenters. The molecule has 0 aromatic rings. The molecule has 3 heteroatoms. The van der Waals surface area contributed by atoms with Gasteiger partial charge >= 0.3 is 0 Å². The first kappa shape index (κ1) is 27.2. The van der Waals surface area contributed by atoms with Crippen LogP contribution >= 0.6 is 21.6 Å². The number of allylic oxidation sites excluding steroid dienone is 2. The standard InChI is InChI=1S/C31H52OS2/c1-23(2)10-6-7-11-24-13-15-28-27-14-12-25-22-26(34-33-21-9-5-8-20-32)16-18-31(25,4)29(27)17-19-30(24,28)3/h12,20,23-24,26-29H,5-11,13-19,21-22H2,1-4H3. The third-order valence-electron chi connectivity index (χ3n) is 10.8. The third-order valence-corrected chi connectivity index (χ3v) is 13.8. The Balaban J connectivity index is 1.32. The van der Waals surface area contributed by atoms with E-state index < -0.39 is 0 Å². The summed E-state index contributed by atoms with van der Waals surface area (Å²) in [5, 5.41) is 0.808. The molecule has 0 N–H and O–H groups in total. The predicted molar refractivity (Wildman–Crippen MR) is 152 cm³/mol. The van der Waals surface area contributed by atoms with Crippen molar-refractivity contribution >= 4 is 27.9 Å². The first-order chi connectivity index (χ1) is 16.4. The highest BCUT2D eigenvalue weighted by Crippen LogP contribution is 2.67. The molecule has 7 unspecified atom stereocenters. The fourth-order valence-corrected chi connectivity index (χ4v) is 11.6. The van der Waals surface area contributed by atoms with Gasteiger partial charge in [0.1, 0.15) is 6.29 Å². The van der Waals surface area contributed by atoms with Crippen molar-refractivity contribution in [2.24, 2.45) is 40.4 Å². The van der Waals surface area contributed by atoms with E-state index in [1.807, 2.05) is 5.57 Å². The molecule has 0 heterocycles. The summed E-state index contributed by atoms with van der Waals surface area (Å²) in [6.07, 6.45) is 24.2. The molecule has 4 aliphatic carbocycles. The van der Waals surface area contributed by atoms with E-state index in [9.17, 15) is 4.79 Å². The first-order valence-electron chi connectivity index (χ1n) is 14.8. The third kappa shape index (κ3) is 5.81. The SMILES string of the molecule is CC(C)CCCCC1CCC2C3CC=C4CC(SSCCCCC=O)CCC4(C)C3CCC12C. The minimum atomic E-state index is 0.491. The highest BCUT2D eigenvalue weighted by Gasteiger charge is 2.58. The largest absolute Gasteiger partial charge is 0.303 e. The average Bonchev–Trinajstić information content (AvgIpc) is 3.15. The fourth-order valence-electron chi connectivity index (χ4n) is 8.77. The molecule has 0 amide bonds. The van der Waals surface area contributed by atoms with E-state index in [2.05, 4.69) is 55.4 Å². The summed E-state index contributed by atoms with van der Waals surface area (Å²) >= 11 is 0. The molecule has 0 aromatic heterocycles. The maximum Gasteiger partial charge on any atom is 0.119 e. The van der Waals surface area contributed by atoms with Gasteiger partial charge in [0.15, 0.2) is 0 Å². The van der Waals surface area contributed by atoms with Crippen LogP contribution in [0.3, 0.4) is 0 Å². The van der Waals surface area contributed by atoms with E-state index in [1.54, 1.807) is 0 Å². The van der Waals surface area contributed by atoms with Gasteiger partial charge < -0.3 is 4.79 Å². The Morgan fingerprint density at radius 1 is 1.03 bits per heavy atom. The molecule has 4 aliphatic rings. The molecule has 0 aromatic carbocycles. The lowest BCUT2D eigenvalue weighted by Crippen LogP contribution is -2.50. The molecule has 0 radical (unpaired) electrons. The number of aldehydes is 1. The van der Waals surface area contributed by atoms with Crippen molar-refractivity contribution in [3.63, 3.8) is 0 Å². The van der Waals surface area contributed by atoms with Crippen LogP contribution in [0.1, 0.15) is 124 Å². The van der Waals surface area contributed by atoms with E-state index in [-0.39, 0.29) is 0 Å². The molecule has 0 saturated heterocycles. The summed E-state index contributed by atoms with van der Waals surface area (Å²) in [5.74, 6) is 5.97. The second-order valence-electron chi connectivity index (χ2n) is 13.2. The van der Waals surface area contributed by atoms with Crippen molar-refractivity contribution in [3.05, 3.63) is 11.6 Å². The lowest BCUT2D eigenvalue weighted by atomic mass is 9.47. The van der Waals surface area contributed by atoms with Gasteiger partial charge in [0.25, 0.3) is 0 Å². The molecular weight excluding hydrogens is 452 g/mol. The topological polar surface area (TPSA) is 17.1 Å². The van der Waals surface area contributed by atoms with Gasteiger partial charge in [0.2, 0.25) is 0 Å². The molecule has 0 spiro atoms. The molecular formula is C31H52OS2. The van der Waals surface area contributed by atoms with Crippen molar-refractivity contribution < 1.29 is 4.79 Å². The minimum absolute atomic E-state index is 0.491. The van der Waals surface area contributed by atoms with Gasteiger partial charge in [0.05, 0.1) is 0 Å². The lowest BCUT2D eigenvalue weighted by Gasteiger charge is -2.58. The zero-order chi connectivity index (χ0) is 24.2. The van der Waals surface area contributed by atoms with Gasteiger partial charge in [0, 0.05) is 17.4 Å². The zero-order valence-corrected chi connectivity index (χ0v) is 24.3. The quantitative estimate of drug-likeness (QED) is 0.114. The number of hydrogen-bond acceptors (Lipinski definition) is 3. The summed E-state index contributed by atoms with van der Waals surface area (Å²) in [7, 11) is 4.22. The van der Waals surface area contributed by atoms with E-state index in [0.29, 0.717) is 10.8 Å². The summed E-state index contributed by atoms with van der Waals surface area (Å²) in [5.41, 5.74) is 2.96. The Kier molecular flexibility index (Phi) is 9.67. The minimum Gasteiger partial charge on any atom is -0.303 e. The Bertz CT molecular complexity index is 702. The van der Waals surface area contributed by atoms with E-state index in [4.69, 9.17) is 0 Å². The smallest absolute Gasteiger partial charge is 0.119 e. The van der Waals surface area contributed by atoms with E-state index >= 15 is 0 Å². The lowest BCUT2D eigenvalue weighted by molar-refractivity contribution is -0.107. The maximum absolute atomic E-state index is 10.5. The van der Waals surface area contributed by atoms with Crippen LogP contribution in [0.4, 0.5) is 0 Å². The maximum atomic E-state index is 10.5. The van der Waals surface area contributed by atoms with Gasteiger partial charge in [-0.15, -0.1) is 0 Å². The van der Waals surface area contributed by atoms with Crippen LogP contribution in [0.15, 0.2) is 11.6 Å². The van der Waals surface area contributed by atoms with Crippen LogP contribution in [-0.4, -0.2) is 17.3 Å². The van der Waals surface area contributed by atoms with Crippen LogP contribution < -0.4 is 0 Å². The number of rotatable bonds is 12. The van der Waals surface area contributed by atoms with Crippen molar-refractivity contribution in [1.29, 1.82) is 0 Å². The normalized spacial score (nSPS) is 39.3. The molecule has 0 aliphatic heterocycles. The Morgan fingerprint density at radius 2 is 1.88 bits per heavy atom. The van der Waals surface area contributed by atoms with Gasteiger partial charge in [-0.2, -0.15) is 0 Å². The first-order valence-corrected chi connectivity index (χ1v) is 17.2. The average molecular weight is 505 g/mol. The number of unbranched alkanes of at least 4 members (excludes halogenated alkanes) is 3. The summed E-state index contributed by atoms with van der Waals surface area (Å²) in [6.45, 7) is 10.1. The number of hydrogen-bond donors (Lipinski definition) is 0. The second-order valence-corrected chi connectivity index (χ2v) is 16.0. The molecule has 4 rings (SSSR count). The Morgan fingerprint density at radius 3 is 2.68 bits per heavy atom. The van der Waals surface area contributed by atoms with E-state index in [1.165, 1.54) is 89.2 Å². The van der Waals surface area contributed by atoms with Crippen LogP contribution in [0.2, 0.25) is 0 Å². The van der Waals surface area contributed by atoms with Crippen molar-refractivity contribution in [1.82, 2.24) is 0 Å². The number of fused-ring (bicyclic) bond motifs is 5. The van der Waals surface area contributed by atoms with Gasteiger partial charge in [-0.1, -0.05) is 80.2 Å². The molecule has 3 saturated carbocycles. The molecule has 3 fully saturated rings. The highest BCUT2D eigenvalue weighted by molar-refractivity contribution is 8.76. The number of carbonyl (C=O) groups is 1.